The van der Waals surface area contributed by atoms with Gasteiger partial charge in [-0.2, -0.15) is 0 Å². The quantitative estimate of drug-likeness (QED) is 0.825. The van der Waals surface area contributed by atoms with E-state index in [1.807, 2.05) is 55.5 Å². The van der Waals surface area contributed by atoms with Crippen LogP contribution in [0.3, 0.4) is 0 Å². The largest absolute Gasteiger partial charge is 0.469 e. The number of rotatable bonds is 4. The minimum absolute atomic E-state index is 0.0520. The number of amides is 1. The molecule has 0 radical (unpaired) electrons. The molecule has 0 saturated carbocycles. The predicted molar refractivity (Wildman–Crippen MR) is 109 cm³/mol. The molecule has 1 heterocycles. The first kappa shape index (κ1) is 20.5. The number of hydrogen-bond donors (Lipinski definition) is 1. The summed E-state index contributed by atoms with van der Waals surface area (Å²) in [7, 11) is 1.46. The van der Waals surface area contributed by atoms with Crippen LogP contribution in [-0.2, 0) is 14.3 Å². The van der Waals surface area contributed by atoms with Gasteiger partial charge >= 0.3 is 5.97 Å². The Morgan fingerprint density at radius 1 is 1.00 bits per heavy atom. The van der Waals surface area contributed by atoms with Gasteiger partial charge in [0, 0.05) is 30.9 Å². The van der Waals surface area contributed by atoms with Gasteiger partial charge in [0.2, 0.25) is 5.91 Å². The fourth-order valence-electron chi connectivity index (χ4n) is 2.95. The number of nitrogens with one attached hydrogen (secondary N) is 1. The van der Waals surface area contributed by atoms with Crippen molar-refractivity contribution >= 4 is 23.3 Å². The SMILES string of the molecule is CCC(=O)Nc1ccccc1.COC(=O)C1CCN(c2ccccc2)CC1. The van der Waals surface area contributed by atoms with Crippen molar-refractivity contribution in [1.29, 1.82) is 0 Å². The first-order valence-electron chi connectivity index (χ1n) is 9.36. The molecule has 5 heteroatoms. The summed E-state index contributed by atoms with van der Waals surface area (Å²) in [5, 5.41) is 2.75. The fraction of sp³-hybridized carbons (Fsp3) is 0.364. The van der Waals surface area contributed by atoms with Crippen LogP contribution < -0.4 is 10.2 Å². The molecule has 1 N–H and O–H groups in total. The summed E-state index contributed by atoms with van der Waals surface area (Å²) in [4.78, 5) is 24.6. The lowest BCUT2D eigenvalue weighted by atomic mass is 9.96. The van der Waals surface area contributed by atoms with E-state index in [9.17, 15) is 9.59 Å². The molecule has 2 aromatic carbocycles. The molecule has 5 nitrogen and oxygen atoms in total. The van der Waals surface area contributed by atoms with E-state index in [0.29, 0.717) is 6.42 Å². The average Bonchev–Trinajstić information content (AvgIpc) is 2.75. The normalized spacial score (nSPS) is 13.9. The zero-order chi connectivity index (χ0) is 19.5. The summed E-state index contributed by atoms with van der Waals surface area (Å²) < 4.78 is 4.77. The second-order valence-electron chi connectivity index (χ2n) is 6.39. The van der Waals surface area contributed by atoms with E-state index in [2.05, 4.69) is 22.3 Å². The molecular weight excluding hydrogens is 340 g/mol. The minimum atomic E-state index is -0.0623. The summed E-state index contributed by atoms with van der Waals surface area (Å²) in [6, 6.07) is 19.8. The van der Waals surface area contributed by atoms with Gasteiger partial charge in [0.15, 0.2) is 0 Å². The number of hydrogen-bond acceptors (Lipinski definition) is 4. The maximum Gasteiger partial charge on any atom is 0.308 e. The maximum atomic E-state index is 11.4. The Hall–Kier alpha value is -2.82. The third kappa shape index (κ3) is 6.77. The highest BCUT2D eigenvalue weighted by atomic mass is 16.5. The Bertz CT molecular complexity index is 696. The van der Waals surface area contributed by atoms with E-state index in [-0.39, 0.29) is 17.8 Å². The Balaban J connectivity index is 0.000000208. The molecule has 1 aliphatic rings. The standard InChI is InChI=1S/C13H17NO2.C9H11NO/c1-16-13(15)11-7-9-14(10-8-11)12-5-3-2-4-6-12;1-2-9(11)10-8-6-4-3-5-7-8/h2-6,11H,7-10H2,1H3;3-7H,2H2,1H3,(H,10,11). The van der Waals surface area contributed by atoms with E-state index in [1.54, 1.807) is 0 Å². The smallest absolute Gasteiger partial charge is 0.308 e. The van der Waals surface area contributed by atoms with E-state index in [0.717, 1.165) is 31.6 Å². The van der Waals surface area contributed by atoms with Crippen molar-refractivity contribution in [1.82, 2.24) is 0 Å². The van der Waals surface area contributed by atoms with E-state index in [1.165, 1.54) is 12.8 Å². The molecule has 0 spiro atoms. The number of para-hydroxylation sites is 2. The molecule has 1 aliphatic heterocycles. The lowest BCUT2D eigenvalue weighted by Crippen LogP contribution is -2.36. The second kappa shape index (κ2) is 11.0. The van der Waals surface area contributed by atoms with Gasteiger partial charge in [-0.05, 0) is 37.1 Å². The van der Waals surface area contributed by atoms with Crippen LogP contribution in [0.25, 0.3) is 0 Å². The van der Waals surface area contributed by atoms with Crippen LogP contribution in [0.5, 0.6) is 0 Å². The Labute approximate surface area is 161 Å². The van der Waals surface area contributed by atoms with Crippen LogP contribution in [0, 0.1) is 5.92 Å². The molecule has 0 aromatic heterocycles. The van der Waals surface area contributed by atoms with Gasteiger partial charge in [-0.3, -0.25) is 9.59 Å². The second-order valence-corrected chi connectivity index (χ2v) is 6.39. The van der Waals surface area contributed by atoms with Crippen LogP contribution in [0.2, 0.25) is 0 Å². The van der Waals surface area contributed by atoms with Crippen LogP contribution >= 0.6 is 0 Å². The molecule has 1 saturated heterocycles. The third-order valence-electron chi connectivity index (χ3n) is 4.53. The molecular formula is C22H28N2O3. The van der Waals surface area contributed by atoms with Gasteiger partial charge in [0.1, 0.15) is 0 Å². The maximum absolute atomic E-state index is 11.4. The highest BCUT2D eigenvalue weighted by Gasteiger charge is 2.25. The van der Waals surface area contributed by atoms with Crippen LogP contribution in [0.1, 0.15) is 26.2 Å². The number of piperidine rings is 1. The number of esters is 1. The molecule has 0 aliphatic carbocycles. The van der Waals surface area contributed by atoms with Crippen molar-refractivity contribution in [3.8, 4) is 0 Å². The fourth-order valence-corrected chi connectivity index (χ4v) is 2.95. The van der Waals surface area contributed by atoms with E-state index >= 15 is 0 Å². The number of ether oxygens (including phenoxy) is 1. The van der Waals surface area contributed by atoms with Crippen LogP contribution in [0.15, 0.2) is 60.7 Å². The Morgan fingerprint density at radius 3 is 2.07 bits per heavy atom. The Kier molecular flexibility index (Phi) is 8.36. The molecule has 1 amide bonds. The zero-order valence-corrected chi connectivity index (χ0v) is 16.1. The van der Waals surface area contributed by atoms with Crippen molar-refractivity contribution in [3.05, 3.63) is 60.7 Å². The summed E-state index contributed by atoms with van der Waals surface area (Å²) in [6.07, 6.45) is 2.30. The van der Waals surface area contributed by atoms with Crippen molar-refractivity contribution in [2.24, 2.45) is 5.92 Å². The number of benzene rings is 2. The molecule has 0 unspecified atom stereocenters. The van der Waals surface area contributed by atoms with Crippen LogP contribution in [0.4, 0.5) is 11.4 Å². The van der Waals surface area contributed by atoms with Crippen molar-refractivity contribution < 1.29 is 14.3 Å². The number of carbonyl (C=O) groups excluding carboxylic acids is 2. The number of anilines is 2. The van der Waals surface area contributed by atoms with Gasteiger partial charge in [-0.25, -0.2) is 0 Å². The molecule has 27 heavy (non-hydrogen) atoms. The summed E-state index contributed by atoms with van der Waals surface area (Å²) in [5.41, 5.74) is 2.10. The lowest BCUT2D eigenvalue weighted by Gasteiger charge is -2.32. The first-order chi connectivity index (χ1) is 13.1. The van der Waals surface area contributed by atoms with E-state index in [4.69, 9.17) is 4.74 Å². The monoisotopic (exact) mass is 368 g/mol. The van der Waals surface area contributed by atoms with Crippen LogP contribution in [-0.4, -0.2) is 32.1 Å². The van der Waals surface area contributed by atoms with E-state index < -0.39 is 0 Å². The predicted octanol–water partition coefficient (Wildman–Crippen LogP) is 4.11. The summed E-state index contributed by atoms with van der Waals surface area (Å²) in [5.74, 6) is 0.0777. The topological polar surface area (TPSA) is 58.6 Å². The van der Waals surface area contributed by atoms with Gasteiger partial charge in [-0.1, -0.05) is 43.3 Å². The van der Waals surface area contributed by atoms with Gasteiger partial charge in [-0.15, -0.1) is 0 Å². The summed E-state index contributed by atoms with van der Waals surface area (Å²) >= 11 is 0. The number of carbonyl (C=O) groups is 2. The molecule has 144 valence electrons. The molecule has 0 atom stereocenters. The van der Waals surface area contributed by atoms with Gasteiger partial charge < -0.3 is 15.0 Å². The molecule has 2 aromatic rings. The van der Waals surface area contributed by atoms with Gasteiger partial charge in [0.05, 0.1) is 13.0 Å². The highest BCUT2D eigenvalue weighted by Crippen LogP contribution is 2.23. The summed E-state index contributed by atoms with van der Waals surface area (Å²) in [6.45, 7) is 3.70. The number of nitrogens with zero attached hydrogens (tertiary/aromatic N) is 1. The highest BCUT2D eigenvalue weighted by molar-refractivity contribution is 5.90. The molecule has 0 bridgehead atoms. The first-order valence-corrected chi connectivity index (χ1v) is 9.36. The van der Waals surface area contributed by atoms with Gasteiger partial charge in [0.25, 0.3) is 0 Å². The molecule has 1 fully saturated rings. The Morgan fingerprint density at radius 2 is 1.56 bits per heavy atom. The van der Waals surface area contributed by atoms with Crippen molar-refractivity contribution in [2.75, 3.05) is 30.4 Å². The third-order valence-corrected chi connectivity index (χ3v) is 4.53. The zero-order valence-electron chi connectivity index (χ0n) is 16.1. The number of methoxy groups -OCH3 is 1. The lowest BCUT2D eigenvalue weighted by molar-refractivity contribution is -0.146. The minimum Gasteiger partial charge on any atom is -0.469 e. The molecule has 3 rings (SSSR count). The average molecular weight is 368 g/mol. The van der Waals surface area contributed by atoms with Crippen molar-refractivity contribution in [3.63, 3.8) is 0 Å². The van der Waals surface area contributed by atoms with Crippen molar-refractivity contribution in [2.45, 2.75) is 26.2 Å².